The number of amides is 1. The van der Waals surface area contributed by atoms with Crippen LogP contribution in [0.1, 0.15) is 18.4 Å². The maximum atomic E-state index is 12.9. The summed E-state index contributed by atoms with van der Waals surface area (Å²) in [7, 11) is 1.67. The van der Waals surface area contributed by atoms with E-state index >= 15 is 0 Å². The first kappa shape index (κ1) is 20.8. The molecule has 0 saturated heterocycles. The summed E-state index contributed by atoms with van der Waals surface area (Å²) < 4.78 is 21.3. The summed E-state index contributed by atoms with van der Waals surface area (Å²) >= 11 is 3.15. The Kier molecular flexibility index (Phi) is 7.42. The van der Waals surface area contributed by atoms with Crippen LogP contribution in [0.15, 0.2) is 52.4 Å². The molecule has 0 spiro atoms. The Morgan fingerprint density at radius 3 is 2.79 bits per heavy atom. The number of nitrogens with zero attached hydrogens (tertiary/aromatic N) is 2. The van der Waals surface area contributed by atoms with Crippen LogP contribution in [0.4, 0.5) is 4.39 Å². The van der Waals surface area contributed by atoms with E-state index in [9.17, 15) is 9.18 Å². The predicted octanol–water partition coefficient (Wildman–Crippen LogP) is 4.80. The van der Waals surface area contributed by atoms with Crippen molar-refractivity contribution in [1.29, 1.82) is 0 Å². The first-order chi connectivity index (χ1) is 13.6. The van der Waals surface area contributed by atoms with Gasteiger partial charge in [0.05, 0.1) is 16.8 Å². The molecule has 1 amide bonds. The molecule has 0 unspecified atom stereocenters. The molecule has 1 aromatic heterocycles. The second-order valence-corrected chi connectivity index (χ2v) is 8.59. The van der Waals surface area contributed by atoms with E-state index in [2.05, 4.69) is 30.1 Å². The van der Waals surface area contributed by atoms with E-state index in [1.807, 2.05) is 4.57 Å². The van der Waals surface area contributed by atoms with Crippen LogP contribution in [-0.2, 0) is 16.1 Å². The number of thiazole rings is 1. The molecule has 2 aromatic carbocycles. The number of benzene rings is 2. The molecule has 0 radical (unpaired) electrons. The molecule has 0 atom stereocenters. The summed E-state index contributed by atoms with van der Waals surface area (Å²) in [6.07, 6.45) is 1.12. The summed E-state index contributed by atoms with van der Waals surface area (Å²) in [4.78, 5) is 18.5. The van der Waals surface area contributed by atoms with Crippen molar-refractivity contribution in [2.75, 3.05) is 19.5 Å². The van der Waals surface area contributed by atoms with Gasteiger partial charge in [0.25, 0.3) is 0 Å². The summed E-state index contributed by atoms with van der Waals surface area (Å²) in [5.41, 5.74) is 2.26. The van der Waals surface area contributed by atoms with Gasteiger partial charge in [-0.3, -0.25) is 4.79 Å². The highest BCUT2D eigenvalue weighted by atomic mass is 32.2. The molecule has 0 aliphatic rings. The van der Waals surface area contributed by atoms with E-state index in [4.69, 9.17) is 4.74 Å². The number of hydrogen-bond acceptors (Lipinski definition) is 4. The lowest BCUT2D eigenvalue weighted by molar-refractivity contribution is -0.118. The van der Waals surface area contributed by atoms with E-state index in [1.165, 1.54) is 29.0 Å². The minimum atomic E-state index is -0.237. The monoisotopic (exact) mass is 418 g/mol. The van der Waals surface area contributed by atoms with Gasteiger partial charge in [-0.15, -0.1) is 11.8 Å². The van der Waals surface area contributed by atoms with Crippen molar-refractivity contribution in [3.8, 4) is 0 Å². The third-order valence-corrected chi connectivity index (χ3v) is 6.33. The minimum absolute atomic E-state index is 0.117. The maximum absolute atomic E-state index is 12.9. The van der Waals surface area contributed by atoms with Gasteiger partial charge in [-0.05, 0) is 61.1 Å². The molecular formula is C21H23FN2O2S2. The van der Waals surface area contributed by atoms with Crippen LogP contribution in [0, 0.1) is 12.7 Å². The Labute approximate surface area is 172 Å². The number of carbonyl (C=O) groups excluding carboxylic acids is 1. The number of aryl methyl sites for hydroxylation is 1. The van der Waals surface area contributed by atoms with E-state index in [1.54, 1.807) is 31.0 Å². The lowest BCUT2D eigenvalue weighted by Crippen LogP contribution is -2.19. The second kappa shape index (κ2) is 10.0. The van der Waals surface area contributed by atoms with E-state index in [0.717, 1.165) is 27.3 Å². The van der Waals surface area contributed by atoms with Crippen molar-refractivity contribution in [3.05, 3.63) is 58.6 Å². The van der Waals surface area contributed by atoms with Gasteiger partial charge in [-0.2, -0.15) is 4.99 Å². The molecule has 7 heteroatoms. The van der Waals surface area contributed by atoms with E-state index < -0.39 is 0 Å². The van der Waals surface area contributed by atoms with Gasteiger partial charge in [0, 0.05) is 25.0 Å². The van der Waals surface area contributed by atoms with Gasteiger partial charge in [0.1, 0.15) is 5.82 Å². The molecule has 0 aliphatic heterocycles. The smallest absolute Gasteiger partial charge is 0.248 e. The van der Waals surface area contributed by atoms with Crippen molar-refractivity contribution in [1.82, 2.24) is 4.57 Å². The highest BCUT2D eigenvalue weighted by Gasteiger charge is 2.08. The predicted molar refractivity (Wildman–Crippen MR) is 113 cm³/mol. The van der Waals surface area contributed by atoms with Crippen LogP contribution < -0.4 is 4.80 Å². The number of methoxy groups -OCH3 is 1. The zero-order valence-electron chi connectivity index (χ0n) is 16.0. The van der Waals surface area contributed by atoms with Gasteiger partial charge in [-0.1, -0.05) is 17.4 Å². The van der Waals surface area contributed by atoms with E-state index in [-0.39, 0.29) is 11.7 Å². The molecule has 148 valence electrons. The zero-order valence-corrected chi connectivity index (χ0v) is 17.6. The topological polar surface area (TPSA) is 43.6 Å². The molecule has 1 heterocycles. The molecule has 3 rings (SSSR count). The Morgan fingerprint density at radius 2 is 2.04 bits per heavy atom. The third kappa shape index (κ3) is 5.53. The van der Waals surface area contributed by atoms with Crippen LogP contribution in [0.5, 0.6) is 0 Å². The van der Waals surface area contributed by atoms with Gasteiger partial charge >= 0.3 is 0 Å². The number of carbonyl (C=O) groups is 1. The zero-order chi connectivity index (χ0) is 19.9. The van der Waals surface area contributed by atoms with Gasteiger partial charge in [-0.25, -0.2) is 4.39 Å². The van der Waals surface area contributed by atoms with Crippen molar-refractivity contribution in [2.24, 2.45) is 4.99 Å². The number of ether oxygens (including phenoxy) is 1. The first-order valence-electron chi connectivity index (χ1n) is 9.11. The molecular weight excluding hydrogens is 395 g/mol. The number of thioether (sulfide) groups is 1. The maximum Gasteiger partial charge on any atom is 0.248 e. The summed E-state index contributed by atoms with van der Waals surface area (Å²) in [6.45, 7) is 3.28. The van der Waals surface area contributed by atoms with Gasteiger partial charge in [0.2, 0.25) is 5.91 Å². The van der Waals surface area contributed by atoms with Crippen LogP contribution in [0.3, 0.4) is 0 Å². The Hall–Kier alpha value is -1.96. The molecule has 0 saturated carbocycles. The van der Waals surface area contributed by atoms with Crippen LogP contribution in [-0.4, -0.2) is 29.9 Å². The highest BCUT2D eigenvalue weighted by Crippen LogP contribution is 2.20. The first-order valence-corrected chi connectivity index (χ1v) is 10.9. The molecule has 0 fully saturated rings. The minimum Gasteiger partial charge on any atom is -0.383 e. The fraction of sp³-hybridized carbons (Fsp3) is 0.333. The van der Waals surface area contributed by atoms with Crippen molar-refractivity contribution in [3.63, 3.8) is 0 Å². The fourth-order valence-corrected chi connectivity index (χ4v) is 4.80. The molecule has 0 aliphatic carbocycles. The lowest BCUT2D eigenvalue weighted by atomic mass is 10.2. The normalized spacial score (nSPS) is 12.0. The van der Waals surface area contributed by atoms with Crippen LogP contribution >= 0.6 is 23.1 Å². The van der Waals surface area contributed by atoms with Crippen molar-refractivity contribution in [2.45, 2.75) is 31.2 Å². The standard InChI is InChI=1S/C21H23FN2O2S2/c1-15-5-10-18-19(14-15)28-21(24(18)11-12-26-2)23-20(25)4-3-13-27-17-8-6-16(22)7-9-17/h5-10,14H,3-4,11-13H2,1-2H3. The number of fused-ring (bicyclic) bond motifs is 1. The Balaban J connectivity index is 1.66. The molecule has 0 N–H and O–H groups in total. The molecule has 3 aromatic rings. The number of hydrogen-bond donors (Lipinski definition) is 0. The number of rotatable bonds is 8. The molecule has 4 nitrogen and oxygen atoms in total. The van der Waals surface area contributed by atoms with Crippen LogP contribution in [0.2, 0.25) is 0 Å². The summed E-state index contributed by atoms with van der Waals surface area (Å²) in [5.74, 6) is 0.440. The summed E-state index contributed by atoms with van der Waals surface area (Å²) in [5, 5.41) is 0. The summed E-state index contributed by atoms with van der Waals surface area (Å²) in [6, 6.07) is 12.7. The second-order valence-electron chi connectivity index (χ2n) is 6.41. The van der Waals surface area contributed by atoms with Crippen LogP contribution in [0.25, 0.3) is 10.2 Å². The number of halogens is 1. The molecule has 28 heavy (non-hydrogen) atoms. The fourth-order valence-electron chi connectivity index (χ4n) is 2.77. The highest BCUT2D eigenvalue weighted by molar-refractivity contribution is 7.99. The number of aromatic nitrogens is 1. The Morgan fingerprint density at radius 1 is 1.25 bits per heavy atom. The lowest BCUT2D eigenvalue weighted by Gasteiger charge is -2.04. The Bertz CT molecular complexity index is 1010. The SMILES string of the molecule is COCCn1c(=NC(=O)CCCSc2ccc(F)cc2)sc2cc(C)ccc21. The average molecular weight is 419 g/mol. The quantitative estimate of drug-likeness (QED) is 0.390. The largest absolute Gasteiger partial charge is 0.383 e. The molecule has 0 bridgehead atoms. The van der Waals surface area contributed by atoms with Gasteiger partial charge in [0.15, 0.2) is 4.80 Å². The van der Waals surface area contributed by atoms with E-state index in [0.29, 0.717) is 24.4 Å². The van der Waals surface area contributed by atoms with Crippen molar-refractivity contribution < 1.29 is 13.9 Å². The third-order valence-electron chi connectivity index (χ3n) is 4.19. The average Bonchev–Trinajstić information content (AvgIpc) is 3.00. The van der Waals surface area contributed by atoms with Crippen molar-refractivity contribution >= 4 is 39.2 Å². The van der Waals surface area contributed by atoms with Gasteiger partial charge < -0.3 is 9.30 Å².